The molecule has 0 unspecified atom stereocenters. The van der Waals surface area contributed by atoms with E-state index in [1.54, 1.807) is 0 Å². The summed E-state index contributed by atoms with van der Waals surface area (Å²) in [6, 6.07) is 10.3. The van der Waals surface area contributed by atoms with Crippen LogP contribution in [0.2, 0.25) is 0 Å². The molecule has 135 valence electrons. The number of rotatable bonds is 2. The lowest BCUT2D eigenvalue weighted by Crippen LogP contribution is -2.52. The summed E-state index contributed by atoms with van der Waals surface area (Å²) in [7, 11) is 0. The Morgan fingerprint density at radius 1 is 0.840 bits per heavy atom. The zero-order valence-electron chi connectivity index (χ0n) is 15.4. The first-order valence-electron chi connectivity index (χ1n) is 10.6. The molecule has 0 amide bonds. The van der Waals surface area contributed by atoms with Gasteiger partial charge in [-0.1, -0.05) is 44.2 Å². The smallest absolute Gasteiger partial charge is 0.139 e. The largest absolute Gasteiger partial charge is 0.360 e. The van der Waals surface area contributed by atoms with Crippen molar-refractivity contribution in [3.05, 3.63) is 30.9 Å². The average molecular weight is 339 g/mol. The van der Waals surface area contributed by atoms with E-state index in [0.717, 1.165) is 17.9 Å². The first kappa shape index (κ1) is 16.0. The molecule has 3 nitrogen and oxygen atoms in total. The number of likely N-dealkylation sites (tertiary alicyclic amines) is 1. The summed E-state index contributed by atoms with van der Waals surface area (Å²) in [6.07, 6.45) is 13.1. The van der Waals surface area contributed by atoms with E-state index >= 15 is 0 Å². The van der Waals surface area contributed by atoms with Gasteiger partial charge in [0.1, 0.15) is 6.67 Å². The standard InChI is InChI=1S/C22H32N3/c1-2-8-19-17(6-1)7-5-11-21(19)24-14-12-18(13-15-24)25-16-23-20-9-3-4-10-22(20)25/h3-4,9-10,16-19,21,23H,1-2,5-8,11-15H2/t17-,19-,21-/m0/s1. The number of nitrogens with zero attached hydrogens (tertiary/aromatic N) is 2. The van der Waals surface area contributed by atoms with Gasteiger partial charge >= 0.3 is 0 Å². The van der Waals surface area contributed by atoms with Crippen LogP contribution in [0, 0.1) is 18.5 Å². The molecule has 2 aliphatic heterocycles. The van der Waals surface area contributed by atoms with Crippen LogP contribution in [-0.2, 0) is 0 Å². The molecule has 1 aromatic carbocycles. The molecule has 3 atom stereocenters. The van der Waals surface area contributed by atoms with Crippen molar-refractivity contribution in [2.75, 3.05) is 23.3 Å². The van der Waals surface area contributed by atoms with E-state index in [-0.39, 0.29) is 0 Å². The van der Waals surface area contributed by atoms with Gasteiger partial charge in [-0.3, -0.25) is 4.90 Å². The lowest BCUT2D eigenvalue weighted by Gasteiger charge is -2.49. The van der Waals surface area contributed by atoms with Gasteiger partial charge in [0.2, 0.25) is 0 Å². The van der Waals surface area contributed by atoms with Crippen molar-refractivity contribution in [2.45, 2.75) is 69.9 Å². The topological polar surface area (TPSA) is 18.5 Å². The van der Waals surface area contributed by atoms with Crippen molar-refractivity contribution < 1.29 is 0 Å². The van der Waals surface area contributed by atoms with Gasteiger partial charge in [0.15, 0.2) is 0 Å². The van der Waals surface area contributed by atoms with Gasteiger partial charge in [0.05, 0.1) is 11.4 Å². The molecule has 0 spiro atoms. The second-order valence-corrected chi connectivity index (χ2v) is 8.67. The van der Waals surface area contributed by atoms with E-state index in [0.29, 0.717) is 6.04 Å². The van der Waals surface area contributed by atoms with Gasteiger partial charge in [-0.2, -0.15) is 0 Å². The number of para-hydroxylation sites is 2. The lowest BCUT2D eigenvalue weighted by molar-refractivity contribution is 0.0272. The van der Waals surface area contributed by atoms with Gasteiger partial charge in [-0.05, 0) is 49.7 Å². The molecular weight excluding hydrogens is 306 g/mol. The number of nitrogens with one attached hydrogen (secondary N) is 1. The summed E-state index contributed by atoms with van der Waals surface area (Å²) in [5, 5.41) is 3.45. The fraction of sp³-hybridized carbons (Fsp3) is 0.682. The molecular formula is C22H32N3. The number of anilines is 2. The zero-order valence-corrected chi connectivity index (χ0v) is 15.4. The average Bonchev–Trinajstić information content (AvgIpc) is 3.12. The molecule has 1 aromatic rings. The zero-order chi connectivity index (χ0) is 16.6. The third-order valence-corrected chi connectivity index (χ3v) is 7.44. The lowest BCUT2D eigenvalue weighted by atomic mass is 9.67. The maximum atomic E-state index is 3.45. The summed E-state index contributed by atoms with van der Waals surface area (Å²) >= 11 is 0. The fourth-order valence-electron chi connectivity index (χ4n) is 6.19. The number of piperidine rings is 1. The molecule has 1 saturated heterocycles. The highest BCUT2D eigenvalue weighted by Gasteiger charge is 2.39. The van der Waals surface area contributed by atoms with Crippen molar-refractivity contribution in [1.29, 1.82) is 0 Å². The van der Waals surface area contributed by atoms with Crippen LogP contribution >= 0.6 is 0 Å². The highest BCUT2D eigenvalue weighted by atomic mass is 15.3. The van der Waals surface area contributed by atoms with E-state index in [1.165, 1.54) is 82.3 Å². The van der Waals surface area contributed by atoms with E-state index in [4.69, 9.17) is 0 Å². The predicted octanol–water partition coefficient (Wildman–Crippen LogP) is 4.86. The number of hydrogen-bond donors (Lipinski definition) is 1. The van der Waals surface area contributed by atoms with Gasteiger partial charge in [-0.15, -0.1) is 0 Å². The first-order valence-corrected chi connectivity index (χ1v) is 10.6. The van der Waals surface area contributed by atoms with Crippen LogP contribution in [0.25, 0.3) is 0 Å². The summed E-state index contributed by atoms with van der Waals surface area (Å²) in [4.78, 5) is 5.38. The van der Waals surface area contributed by atoms with Gasteiger partial charge < -0.3 is 10.2 Å². The fourth-order valence-corrected chi connectivity index (χ4v) is 6.19. The summed E-state index contributed by atoms with van der Waals surface area (Å²) in [5.41, 5.74) is 2.63. The van der Waals surface area contributed by atoms with Crippen molar-refractivity contribution in [3.8, 4) is 0 Å². The minimum atomic E-state index is 0.665. The highest BCUT2D eigenvalue weighted by molar-refractivity contribution is 5.77. The summed E-state index contributed by atoms with van der Waals surface area (Å²) in [6.45, 7) is 4.79. The molecule has 2 aliphatic carbocycles. The third kappa shape index (κ3) is 2.95. The first-order chi connectivity index (χ1) is 12.4. The Hall–Kier alpha value is -1.22. The predicted molar refractivity (Wildman–Crippen MR) is 105 cm³/mol. The Morgan fingerprint density at radius 2 is 1.64 bits per heavy atom. The van der Waals surface area contributed by atoms with Crippen LogP contribution in [0.15, 0.2) is 24.3 Å². The number of fused-ring (bicyclic) bond motifs is 2. The molecule has 4 aliphatic rings. The summed E-state index contributed by atoms with van der Waals surface area (Å²) in [5.74, 6) is 2.06. The van der Waals surface area contributed by atoms with Crippen LogP contribution < -0.4 is 10.2 Å². The SMILES string of the molecule is [CH]1Nc2ccccc2N1C1CCN([C@H]2CCC[C@@H]3CCCC[C@@H]32)CC1. The van der Waals surface area contributed by atoms with Crippen molar-refractivity contribution in [1.82, 2.24) is 4.90 Å². The molecule has 3 heteroatoms. The van der Waals surface area contributed by atoms with Crippen LogP contribution in [0.5, 0.6) is 0 Å². The van der Waals surface area contributed by atoms with Crippen molar-refractivity contribution in [2.24, 2.45) is 11.8 Å². The Labute approximate surface area is 152 Å². The maximum Gasteiger partial charge on any atom is 0.139 e. The normalized spacial score (nSPS) is 33.6. The molecule has 0 aromatic heterocycles. The number of benzene rings is 1. The maximum absolute atomic E-state index is 3.45. The minimum Gasteiger partial charge on any atom is -0.360 e. The van der Waals surface area contributed by atoms with Gasteiger partial charge in [-0.25, -0.2) is 0 Å². The highest BCUT2D eigenvalue weighted by Crippen LogP contribution is 2.43. The molecule has 3 fully saturated rings. The van der Waals surface area contributed by atoms with Crippen molar-refractivity contribution in [3.63, 3.8) is 0 Å². The molecule has 2 saturated carbocycles. The van der Waals surface area contributed by atoms with Crippen LogP contribution in [0.4, 0.5) is 11.4 Å². The Bertz CT molecular complexity index is 591. The minimum absolute atomic E-state index is 0.665. The van der Waals surface area contributed by atoms with Crippen LogP contribution in [0.1, 0.15) is 57.8 Å². The molecule has 1 radical (unpaired) electrons. The van der Waals surface area contributed by atoms with E-state index in [1.807, 2.05) is 0 Å². The van der Waals surface area contributed by atoms with Crippen LogP contribution in [0.3, 0.4) is 0 Å². The van der Waals surface area contributed by atoms with Gasteiger partial charge in [0, 0.05) is 25.2 Å². The Kier molecular flexibility index (Phi) is 4.37. The monoisotopic (exact) mass is 338 g/mol. The van der Waals surface area contributed by atoms with E-state index in [9.17, 15) is 0 Å². The second kappa shape index (κ2) is 6.83. The van der Waals surface area contributed by atoms with Gasteiger partial charge in [0.25, 0.3) is 0 Å². The van der Waals surface area contributed by atoms with Crippen LogP contribution in [-0.4, -0.2) is 30.1 Å². The molecule has 25 heavy (non-hydrogen) atoms. The van der Waals surface area contributed by atoms with E-state index in [2.05, 4.69) is 46.1 Å². The second-order valence-electron chi connectivity index (χ2n) is 8.67. The van der Waals surface area contributed by atoms with E-state index < -0.39 is 0 Å². The third-order valence-electron chi connectivity index (χ3n) is 7.44. The molecule has 1 N–H and O–H groups in total. The summed E-state index contributed by atoms with van der Waals surface area (Å²) < 4.78 is 0. The molecule has 2 heterocycles. The Balaban J connectivity index is 1.23. The molecule has 0 bridgehead atoms. The van der Waals surface area contributed by atoms with Crippen molar-refractivity contribution >= 4 is 11.4 Å². The number of hydrogen-bond acceptors (Lipinski definition) is 3. The quantitative estimate of drug-likeness (QED) is 0.830. The Morgan fingerprint density at radius 3 is 2.56 bits per heavy atom. The molecule has 5 rings (SSSR count).